The van der Waals surface area contributed by atoms with Gasteiger partial charge in [0.15, 0.2) is 0 Å². The molecule has 2 saturated carbocycles. The predicted octanol–water partition coefficient (Wildman–Crippen LogP) is 4.36. The van der Waals surface area contributed by atoms with E-state index < -0.39 is 10.0 Å². The third kappa shape index (κ3) is 2.76. The highest BCUT2D eigenvalue weighted by atomic mass is 32.2. The van der Waals surface area contributed by atoms with E-state index in [1.807, 2.05) is 6.07 Å². The number of nitrogens with one attached hydrogen (secondary N) is 1. The van der Waals surface area contributed by atoms with Crippen molar-refractivity contribution in [3.05, 3.63) is 28.8 Å². The molecule has 28 heavy (non-hydrogen) atoms. The van der Waals surface area contributed by atoms with E-state index in [0.29, 0.717) is 17.5 Å². The second-order valence-electron chi connectivity index (χ2n) is 10.9. The number of aryl methyl sites for hydroxylation is 1. The SMILES string of the molecule is Cc1cc(NS(C)(=O)=O)cc2c1C1(C)CCC3C(C)(C)C(N)CCC3(C)C1C2. The van der Waals surface area contributed by atoms with Crippen molar-refractivity contribution in [3.63, 3.8) is 0 Å². The van der Waals surface area contributed by atoms with Crippen LogP contribution in [-0.2, 0) is 21.9 Å². The van der Waals surface area contributed by atoms with Crippen molar-refractivity contribution in [1.29, 1.82) is 0 Å². The number of sulfonamides is 1. The largest absolute Gasteiger partial charge is 0.327 e. The summed E-state index contributed by atoms with van der Waals surface area (Å²) < 4.78 is 26.2. The van der Waals surface area contributed by atoms with Gasteiger partial charge in [0.1, 0.15) is 0 Å². The second kappa shape index (κ2) is 5.98. The van der Waals surface area contributed by atoms with Crippen LogP contribution in [-0.4, -0.2) is 20.7 Å². The Morgan fingerprint density at radius 2 is 1.75 bits per heavy atom. The van der Waals surface area contributed by atoms with Crippen molar-refractivity contribution in [2.24, 2.45) is 28.4 Å². The summed E-state index contributed by atoms with van der Waals surface area (Å²) in [6, 6.07) is 4.39. The summed E-state index contributed by atoms with van der Waals surface area (Å²) >= 11 is 0. The lowest BCUT2D eigenvalue weighted by molar-refractivity contribution is -0.107. The lowest BCUT2D eigenvalue weighted by Gasteiger charge is -2.62. The van der Waals surface area contributed by atoms with Gasteiger partial charge in [-0.25, -0.2) is 8.42 Å². The number of rotatable bonds is 2. The summed E-state index contributed by atoms with van der Waals surface area (Å²) in [5.74, 6) is 1.23. The Morgan fingerprint density at radius 1 is 1.07 bits per heavy atom. The van der Waals surface area contributed by atoms with Crippen LogP contribution in [0.3, 0.4) is 0 Å². The Labute approximate surface area is 170 Å². The maximum absolute atomic E-state index is 11.7. The fraction of sp³-hybridized carbons (Fsp3) is 0.739. The maximum atomic E-state index is 11.7. The van der Waals surface area contributed by atoms with Crippen molar-refractivity contribution >= 4 is 15.7 Å². The molecule has 0 aliphatic heterocycles. The number of hydrogen-bond acceptors (Lipinski definition) is 3. The molecule has 3 aliphatic carbocycles. The molecule has 1 aromatic carbocycles. The van der Waals surface area contributed by atoms with Gasteiger partial charge in [-0.05, 0) is 95.9 Å². The fourth-order valence-corrected chi connectivity index (χ4v) is 8.22. The summed E-state index contributed by atoms with van der Waals surface area (Å²) in [4.78, 5) is 0. The minimum absolute atomic E-state index is 0.168. The molecule has 5 heteroatoms. The first-order valence-electron chi connectivity index (χ1n) is 10.7. The first-order chi connectivity index (χ1) is 12.8. The number of benzene rings is 1. The van der Waals surface area contributed by atoms with Crippen molar-refractivity contribution in [2.45, 2.75) is 78.2 Å². The quantitative estimate of drug-likeness (QED) is 0.769. The molecule has 0 heterocycles. The number of hydrogen-bond donors (Lipinski definition) is 2. The average molecular weight is 405 g/mol. The summed E-state index contributed by atoms with van der Waals surface area (Å²) in [5.41, 5.74) is 11.9. The van der Waals surface area contributed by atoms with Gasteiger partial charge in [-0.2, -0.15) is 0 Å². The monoisotopic (exact) mass is 404 g/mol. The lowest BCUT2D eigenvalue weighted by Crippen LogP contribution is -2.60. The van der Waals surface area contributed by atoms with E-state index in [2.05, 4.69) is 45.4 Å². The van der Waals surface area contributed by atoms with Crippen LogP contribution >= 0.6 is 0 Å². The van der Waals surface area contributed by atoms with E-state index in [-0.39, 0.29) is 22.3 Å². The van der Waals surface area contributed by atoms with Crippen LogP contribution in [0.1, 0.15) is 70.1 Å². The van der Waals surface area contributed by atoms with Gasteiger partial charge in [-0.3, -0.25) is 4.72 Å². The molecule has 0 amide bonds. The molecule has 3 aliphatic rings. The Kier molecular flexibility index (Phi) is 4.31. The van der Waals surface area contributed by atoms with Crippen molar-refractivity contribution in [3.8, 4) is 0 Å². The van der Waals surface area contributed by atoms with Crippen molar-refractivity contribution in [2.75, 3.05) is 11.0 Å². The van der Waals surface area contributed by atoms with Gasteiger partial charge in [-0.15, -0.1) is 0 Å². The Bertz CT molecular complexity index is 923. The highest BCUT2D eigenvalue weighted by Crippen LogP contribution is 2.67. The number of anilines is 1. The minimum atomic E-state index is -3.27. The third-order valence-corrected chi connectivity index (χ3v) is 9.48. The molecule has 0 bridgehead atoms. The van der Waals surface area contributed by atoms with Crippen LogP contribution in [0, 0.1) is 29.6 Å². The fourth-order valence-electron chi connectivity index (χ4n) is 7.67. The Balaban J connectivity index is 1.78. The van der Waals surface area contributed by atoms with E-state index in [9.17, 15) is 8.42 Å². The molecular weight excluding hydrogens is 368 g/mol. The molecule has 156 valence electrons. The van der Waals surface area contributed by atoms with E-state index >= 15 is 0 Å². The molecule has 4 nitrogen and oxygen atoms in total. The summed E-state index contributed by atoms with van der Waals surface area (Å²) in [7, 11) is -3.27. The first kappa shape index (κ1) is 20.2. The van der Waals surface area contributed by atoms with Gasteiger partial charge in [0.25, 0.3) is 0 Å². The maximum Gasteiger partial charge on any atom is 0.229 e. The summed E-state index contributed by atoms with van der Waals surface area (Å²) in [6.45, 7) is 11.9. The highest BCUT2D eigenvalue weighted by Gasteiger charge is 2.62. The van der Waals surface area contributed by atoms with Crippen LogP contribution < -0.4 is 10.5 Å². The van der Waals surface area contributed by atoms with Gasteiger partial charge in [0.05, 0.1) is 6.26 Å². The number of fused-ring (bicyclic) bond motifs is 5. The summed E-state index contributed by atoms with van der Waals surface area (Å²) in [5, 5.41) is 0. The van der Waals surface area contributed by atoms with Crippen molar-refractivity contribution in [1.82, 2.24) is 0 Å². The van der Waals surface area contributed by atoms with E-state index in [1.54, 1.807) is 0 Å². The molecule has 4 rings (SSSR count). The minimum Gasteiger partial charge on any atom is -0.327 e. The molecule has 5 unspecified atom stereocenters. The third-order valence-electron chi connectivity index (χ3n) is 8.88. The Hall–Kier alpha value is -1.07. The van der Waals surface area contributed by atoms with Crippen LogP contribution in [0.15, 0.2) is 12.1 Å². The molecule has 5 atom stereocenters. The molecule has 1 aromatic rings. The van der Waals surface area contributed by atoms with Crippen molar-refractivity contribution < 1.29 is 8.42 Å². The predicted molar refractivity (Wildman–Crippen MR) is 116 cm³/mol. The zero-order chi connectivity index (χ0) is 20.7. The van der Waals surface area contributed by atoms with Gasteiger partial charge in [0.2, 0.25) is 10.0 Å². The van der Waals surface area contributed by atoms with Crippen LogP contribution in [0.4, 0.5) is 5.69 Å². The second-order valence-corrected chi connectivity index (χ2v) is 12.7. The standard InChI is InChI=1S/C23H36N2O2S/c1-14-11-16(25-28(6,26)27)12-15-13-18-22(4)10-8-19(24)21(2,3)17(22)7-9-23(18,5)20(14)15/h11-12,17-19,25H,7-10,13,24H2,1-6H3. The van der Waals surface area contributed by atoms with E-state index in [4.69, 9.17) is 5.73 Å². The smallest absolute Gasteiger partial charge is 0.229 e. The van der Waals surface area contributed by atoms with Gasteiger partial charge < -0.3 is 5.73 Å². The highest BCUT2D eigenvalue weighted by molar-refractivity contribution is 7.92. The molecule has 0 aromatic heterocycles. The van der Waals surface area contributed by atoms with Gasteiger partial charge in [-0.1, -0.05) is 27.7 Å². The zero-order valence-corrected chi connectivity index (χ0v) is 19.0. The van der Waals surface area contributed by atoms with Gasteiger partial charge >= 0.3 is 0 Å². The normalized spacial score (nSPS) is 39.0. The molecular formula is C23H36N2O2S. The summed E-state index contributed by atoms with van der Waals surface area (Å²) in [6.07, 6.45) is 6.99. The lowest BCUT2D eigenvalue weighted by atomic mass is 9.42. The molecule has 2 fully saturated rings. The van der Waals surface area contributed by atoms with Crippen LogP contribution in [0.5, 0.6) is 0 Å². The number of nitrogens with two attached hydrogens (primary N) is 1. The average Bonchev–Trinajstić information content (AvgIpc) is 2.84. The topological polar surface area (TPSA) is 72.2 Å². The van der Waals surface area contributed by atoms with Crippen LogP contribution in [0.25, 0.3) is 0 Å². The van der Waals surface area contributed by atoms with Gasteiger partial charge in [0, 0.05) is 11.7 Å². The van der Waals surface area contributed by atoms with Crippen LogP contribution in [0.2, 0.25) is 0 Å². The molecule has 0 radical (unpaired) electrons. The molecule has 0 spiro atoms. The molecule has 3 N–H and O–H groups in total. The molecule has 0 saturated heterocycles. The Morgan fingerprint density at radius 3 is 2.39 bits per heavy atom. The first-order valence-corrected chi connectivity index (χ1v) is 12.6. The van der Waals surface area contributed by atoms with E-state index in [0.717, 1.165) is 12.8 Å². The zero-order valence-electron chi connectivity index (χ0n) is 18.2. The van der Waals surface area contributed by atoms with E-state index in [1.165, 1.54) is 42.2 Å².